The Morgan fingerprint density at radius 2 is 1.48 bits per heavy atom. The molecule has 5 heteroatoms. The quantitative estimate of drug-likeness (QED) is 0.666. The van der Waals surface area contributed by atoms with Gasteiger partial charge in [-0.3, -0.25) is 0 Å². The van der Waals surface area contributed by atoms with Crippen molar-refractivity contribution in [2.24, 2.45) is 5.73 Å². The molecule has 0 saturated carbocycles. The summed E-state index contributed by atoms with van der Waals surface area (Å²) >= 11 is 0. The summed E-state index contributed by atoms with van der Waals surface area (Å²) in [6.07, 6.45) is 0. The molecule has 27 heavy (non-hydrogen) atoms. The van der Waals surface area contributed by atoms with Gasteiger partial charge in [0.1, 0.15) is 18.1 Å². The topological polar surface area (TPSA) is 75.8 Å². The predicted molar refractivity (Wildman–Crippen MR) is 105 cm³/mol. The van der Waals surface area contributed by atoms with E-state index in [1.54, 1.807) is 17.0 Å². The molecule has 0 aliphatic heterocycles. The molecule has 0 bridgehead atoms. The summed E-state index contributed by atoms with van der Waals surface area (Å²) in [5.74, 6) is 0.967. The van der Waals surface area contributed by atoms with Crippen molar-refractivity contribution in [1.29, 1.82) is 0 Å². The predicted octanol–water partition coefficient (Wildman–Crippen LogP) is 4.02. The molecule has 3 aromatic carbocycles. The Bertz CT molecular complexity index is 862. The standard InChI is InChI=1S/C22H22N2O3/c23-22(26)24(16-17-4-2-1-3-5-17)14-15-27-21-12-8-19(9-13-21)18-6-10-20(25)11-7-18/h1-13,25H,14-16H2,(H2,23,26). The van der Waals surface area contributed by atoms with Gasteiger partial charge < -0.3 is 20.5 Å². The maximum atomic E-state index is 11.6. The summed E-state index contributed by atoms with van der Waals surface area (Å²) < 4.78 is 5.74. The van der Waals surface area contributed by atoms with Crippen molar-refractivity contribution < 1.29 is 14.6 Å². The summed E-state index contributed by atoms with van der Waals surface area (Å²) in [6, 6.07) is 24.0. The second kappa shape index (κ2) is 8.76. The van der Waals surface area contributed by atoms with E-state index >= 15 is 0 Å². The zero-order valence-corrected chi connectivity index (χ0v) is 14.9. The Hall–Kier alpha value is -3.47. The summed E-state index contributed by atoms with van der Waals surface area (Å²) in [7, 11) is 0. The molecule has 0 saturated heterocycles. The molecule has 3 rings (SSSR count). The van der Waals surface area contributed by atoms with Crippen molar-refractivity contribution >= 4 is 6.03 Å². The van der Waals surface area contributed by atoms with Crippen LogP contribution in [-0.4, -0.2) is 29.2 Å². The molecule has 0 aliphatic carbocycles. The number of phenolic OH excluding ortho intramolecular Hbond substituents is 1. The van der Waals surface area contributed by atoms with Crippen LogP contribution >= 0.6 is 0 Å². The number of urea groups is 1. The van der Waals surface area contributed by atoms with Crippen molar-refractivity contribution in [3.63, 3.8) is 0 Å². The third kappa shape index (κ3) is 5.25. The van der Waals surface area contributed by atoms with E-state index in [-0.39, 0.29) is 5.75 Å². The minimum Gasteiger partial charge on any atom is -0.508 e. The van der Waals surface area contributed by atoms with E-state index in [9.17, 15) is 9.90 Å². The highest BCUT2D eigenvalue weighted by atomic mass is 16.5. The first-order valence-corrected chi connectivity index (χ1v) is 8.72. The molecule has 0 fully saturated rings. The third-order valence-corrected chi connectivity index (χ3v) is 4.21. The van der Waals surface area contributed by atoms with Crippen LogP contribution in [0, 0.1) is 0 Å². The Labute approximate surface area is 158 Å². The van der Waals surface area contributed by atoms with Gasteiger partial charge in [0.05, 0.1) is 6.54 Å². The average Bonchev–Trinajstić information content (AvgIpc) is 2.69. The molecule has 5 nitrogen and oxygen atoms in total. The highest BCUT2D eigenvalue weighted by Crippen LogP contribution is 2.24. The van der Waals surface area contributed by atoms with Crippen LogP contribution in [0.5, 0.6) is 11.5 Å². The number of amides is 2. The maximum Gasteiger partial charge on any atom is 0.315 e. The lowest BCUT2D eigenvalue weighted by atomic mass is 10.1. The molecule has 0 spiro atoms. The lowest BCUT2D eigenvalue weighted by molar-refractivity contribution is 0.188. The van der Waals surface area contributed by atoms with E-state index in [4.69, 9.17) is 10.5 Å². The second-order valence-electron chi connectivity index (χ2n) is 6.17. The van der Waals surface area contributed by atoms with Gasteiger partial charge in [0.15, 0.2) is 0 Å². The number of carbonyl (C=O) groups is 1. The molecule has 0 aliphatic rings. The first kappa shape index (κ1) is 18.3. The number of primary amides is 1. The van der Waals surface area contributed by atoms with Crippen molar-refractivity contribution in [3.05, 3.63) is 84.4 Å². The Morgan fingerprint density at radius 3 is 2.07 bits per heavy atom. The van der Waals surface area contributed by atoms with Crippen LogP contribution < -0.4 is 10.5 Å². The SMILES string of the molecule is NC(=O)N(CCOc1ccc(-c2ccc(O)cc2)cc1)Cc1ccccc1. The van der Waals surface area contributed by atoms with E-state index in [0.29, 0.717) is 19.7 Å². The van der Waals surface area contributed by atoms with Gasteiger partial charge in [-0.25, -0.2) is 4.79 Å². The number of phenols is 1. The lowest BCUT2D eigenvalue weighted by Crippen LogP contribution is -2.38. The minimum absolute atomic E-state index is 0.244. The number of carbonyl (C=O) groups excluding carboxylic acids is 1. The van der Waals surface area contributed by atoms with Crippen molar-refractivity contribution in [2.45, 2.75) is 6.54 Å². The fourth-order valence-electron chi connectivity index (χ4n) is 2.74. The monoisotopic (exact) mass is 362 g/mol. The first-order chi connectivity index (χ1) is 13.1. The van der Waals surface area contributed by atoms with Crippen LogP contribution in [0.25, 0.3) is 11.1 Å². The Balaban J connectivity index is 1.54. The summed E-state index contributed by atoms with van der Waals surface area (Å²) in [5, 5.41) is 9.36. The van der Waals surface area contributed by atoms with Gasteiger partial charge in [0, 0.05) is 6.54 Å². The first-order valence-electron chi connectivity index (χ1n) is 8.72. The number of nitrogens with two attached hydrogens (primary N) is 1. The van der Waals surface area contributed by atoms with Crippen LogP contribution in [0.3, 0.4) is 0 Å². The van der Waals surface area contributed by atoms with E-state index < -0.39 is 6.03 Å². The largest absolute Gasteiger partial charge is 0.508 e. The van der Waals surface area contributed by atoms with Crippen LogP contribution in [-0.2, 0) is 6.54 Å². The molecule has 0 aromatic heterocycles. The molecule has 0 radical (unpaired) electrons. The molecule has 0 heterocycles. The zero-order chi connectivity index (χ0) is 19.1. The third-order valence-electron chi connectivity index (χ3n) is 4.21. The number of aromatic hydroxyl groups is 1. The van der Waals surface area contributed by atoms with Gasteiger partial charge in [0.2, 0.25) is 0 Å². The Morgan fingerprint density at radius 1 is 0.889 bits per heavy atom. The van der Waals surface area contributed by atoms with Gasteiger partial charge in [-0.2, -0.15) is 0 Å². The fraction of sp³-hybridized carbons (Fsp3) is 0.136. The number of nitrogens with zero attached hydrogens (tertiary/aromatic N) is 1. The van der Waals surface area contributed by atoms with Crippen molar-refractivity contribution in [2.75, 3.05) is 13.2 Å². The van der Waals surface area contributed by atoms with E-state index in [0.717, 1.165) is 22.4 Å². The number of hydrogen-bond donors (Lipinski definition) is 2. The molecule has 138 valence electrons. The van der Waals surface area contributed by atoms with E-state index in [2.05, 4.69) is 0 Å². The molecule has 3 N–H and O–H groups in total. The normalized spacial score (nSPS) is 10.4. The molecular weight excluding hydrogens is 340 g/mol. The molecule has 2 amide bonds. The van der Waals surface area contributed by atoms with Crippen molar-refractivity contribution in [3.8, 4) is 22.6 Å². The highest BCUT2D eigenvalue weighted by Gasteiger charge is 2.10. The molecule has 3 aromatic rings. The van der Waals surface area contributed by atoms with Gasteiger partial charge in [-0.15, -0.1) is 0 Å². The number of rotatable bonds is 7. The lowest BCUT2D eigenvalue weighted by Gasteiger charge is -2.20. The van der Waals surface area contributed by atoms with E-state index in [1.807, 2.05) is 66.7 Å². The minimum atomic E-state index is -0.467. The van der Waals surface area contributed by atoms with Gasteiger partial charge in [-0.1, -0.05) is 54.6 Å². The molecular formula is C22H22N2O3. The smallest absolute Gasteiger partial charge is 0.315 e. The van der Waals surface area contributed by atoms with E-state index in [1.165, 1.54) is 0 Å². The number of ether oxygens (including phenoxy) is 1. The summed E-state index contributed by atoms with van der Waals surface area (Å²) in [5.41, 5.74) is 8.54. The van der Waals surface area contributed by atoms with Crippen LogP contribution in [0.4, 0.5) is 4.79 Å². The van der Waals surface area contributed by atoms with Gasteiger partial charge >= 0.3 is 6.03 Å². The Kier molecular flexibility index (Phi) is 5.94. The summed E-state index contributed by atoms with van der Waals surface area (Å²) in [4.78, 5) is 13.2. The highest BCUT2D eigenvalue weighted by molar-refractivity contribution is 5.72. The van der Waals surface area contributed by atoms with Crippen LogP contribution in [0.15, 0.2) is 78.9 Å². The van der Waals surface area contributed by atoms with Crippen molar-refractivity contribution in [1.82, 2.24) is 4.90 Å². The molecule has 0 atom stereocenters. The van der Waals surface area contributed by atoms with Gasteiger partial charge in [0.25, 0.3) is 0 Å². The average molecular weight is 362 g/mol. The van der Waals surface area contributed by atoms with Crippen LogP contribution in [0.2, 0.25) is 0 Å². The second-order valence-corrected chi connectivity index (χ2v) is 6.17. The zero-order valence-electron chi connectivity index (χ0n) is 14.9. The summed E-state index contributed by atoms with van der Waals surface area (Å²) in [6.45, 7) is 1.22. The van der Waals surface area contributed by atoms with Crippen LogP contribution in [0.1, 0.15) is 5.56 Å². The number of benzene rings is 3. The maximum absolute atomic E-state index is 11.6. The number of hydrogen-bond acceptors (Lipinski definition) is 3. The molecule has 0 unspecified atom stereocenters. The van der Waals surface area contributed by atoms with Gasteiger partial charge in [-0.05, 0) is 41.0 Å². The fourth-order valence-corrected chi connectivity index (χ4v) is 2.74.